The molecule has 1 N–H and O–H groups in total. The molecule has 1 atom stereocenters. The van der Waals surface area contributed by atoms with Crippen molar-refractivity contribution in [3.8, 4) is 0 Å². The number of carbonyl (C=O) groups excluding carboxylic acids is 1. The van der Waals surface area contributed by atoms with Crippen LogP contribution < -0.4 is 5.32 Å². The Morgan fingerprint density at radius 3 is 2.58 bits per heavy atom. The maximum Gasteiger partial charge on any atom is 0.417 e. The predicted octanol–water partition coefficient (Wildman–Crippen LogP) is 4.04. The second kappa shape index (κ2) is 7.65. The van der Waals surface area contributed by atoms with Crippen LogP contribution in [-0.4, -0.2) is 30.5 Å². The fourth-order valence-corrected chi connectivity index (χ4v) is 4.00. The molecule has 0 aliphatic heterocycles. The summed E-state index contributed by atoms with van der Waals surface area (Å²) in [6.45, 7) is 7.78. The van der Waals surface area contributed by atoms with E-state index in [1.165, 1.54) is 11.6 Å². The van der Waals surface area contributed by atoms with Gasteiger partial charge in [-0.25, -0.2) is 9.67 Å². The molecule has 1 amide bonds. The van der Waals surface area contributed by atoms with Crippen LogP contribution >= 0.6 is 0 Å². The standard InChI is InChI=1S/C21H25F3N6O/c1-5-29-13(4)15(9-25-29)11(2)26-18(31)10-30-20-19(12(3)28-30)16(21(22,23)24)8-17(27-20)14-6-7-14/h8-9,11,14H,5-7,10H2,1-4H3,(H,26,31). The molecule has 0 saturated heterocycles. The van der Waals surface area contributed by atoms with Crippen molar-refractivity contribution in [2.45, 2.75) is 71.8 Å². The fourth-order valence-electron chi connectivity index (χ4n) is 4.00. The normalized spacial score (nSPS) is 15.5. The smallest absolute Gasteiger partial charge is 0.348 e. The Bertz CT molecular complexity index is 1140. The van der Waals surface area contributed by atoms with E-state index in [4.69, 9.17) is 0 Å². The highest BCUT2D eigenvalue weighted by atomic mass is 19.4. The number of fused-ring (bicyclic) bond motifs is 1. The number of hydrogen-bond donors (Lipinski definition) is 1. The fraction of sp³-hybridized carbons (Fsp3) is 0.524. The molecular formula is C21H25F3N6O. The van der Waals surface area contributed by atoms with Crippen LogP contribution in [-0.2, 0) is 24.1 Å². The first kappa shape index (κ1) is 21.3. The van der Waals surface area contributed by atoms with Gasteiger partial charge in [0.05, 0.1) is 28.9 Å². The highest BCUT2D eigenvalue weighted by Gasteiger charge is 2.37. The van der Waals surface area contributed by atoms with Crippen molar-refractivity contribution in [1.82, 2.24) is 29.9 Å². The molecule has 10 heteroatoms. The third-order valence-electron chi connectivity index (χ3n) is 5.78. The molecule has 1 unspecified atom stereocenters. The highest BCUT2D eigenvalue weighted by Crippen LogP contribution is 2.43. The lowest BCUT2D eigenvalue weighted by Crippen LogP contribution is -2.30. The third-order valence-corrected chi connectivity index (χ3v) is 5.78. The van der Waals surface area contributed by atoms with E-state index < -0.39 is 11.7 Å². The molecule has 1 aliphatic carbocycles. The van der Waals surface area contributed by atoms with Gasteiger partial charge in [0.25, 0.3) is 0 Å². The maximum atomic E-state index is 13.7. The number of rotatable bonds is 6. The summed E-state index contributed by atoms with van der Waals surface area (Å²) in [5, 5.41) is 11.3. The largest absolute Gasteiger partial charge is 0.417 e. The summed E-state index contributed by atoms with van der Waals surface area (Å²) in [5.74, 6) is -0.311. The van der Waals surface area contributed by atoms with E-state index in [2.05, 4.69) is 20.5 Å². The van der Waals surface area contributed by atoms with Crippen LogP contribution in [0.4, 0.5) is 13.2 Å². The van der Waals surface area contributed by atoms with Crippen molar-refractivity contribution in [2.75, 3.05) is 0 Å². The zero-order valence-electron chi connectivity index (χ0n) is 17.9. The number of nitrogens with zero attached hydrogens (tertiary/aromatic N) is 5. The first-order chi connectivity index (χ1) is 14.6. The molecule has 0 spiro atoms. The molecule has 0 bridgehead atoms. The molecule has 0 aromatic carbocycles. The molecule has 7 nitrogen and oxygen atoms in total. The summed E-state index contributed by atoms with van der Waals surface area (Å²) in [7, 11) is 0. The van der Waals surface area contributed by atoms with Crippen molar-refractivity contribution in [2.24, 2.45) is 0 Å². The lowest BCUT2D eigenvalue weighted by molar-refractivity contribution is -0.136. The molecule has 1 fully saturated rings. The average molecular weight is 434 g/mol. The monoisotopic (exact) mass is 434 g/mol. The molecule has 31 heavy (non-hydrogen) atoms. The van der Waals surface area contributed by atoms with Crippen LogP contribution in [0.2, 0.25) is 0 Å². The van der Waals surface area contributed by atoms with E-state index in [1.54, 1.807) is 6.20 Å². The van der Waals surface area contributed by atoms with Gasteiger partial charge in [-0.05, 0) is 46.6 Å². The third kappa shape index (κ3) is 4.03. The summed E-state index contributed by atoms with van der Waals surface area (Å²) in [4.78, 5) is 17.2. The Hall–Kier alpha value is -2.91. The molecule has 1 saturated carbocycles. The molecule has 0 radical (unpaired) electrons. The zero-order chi connectivity index (χ0) is 22.5. The highest BCUT2D eigenvalue weighted by molar-refractivity contribution is 5.85. The molecule has 3 aromatic heterocycles. The molecular weight excluding hydrogens is 409 g/mol. The Morgan fingerprint density at radius 2 is 2.00 bits per heavy atom. The topological polar surface area (TPSA) is 77.6 Å². The summed E-state index contributed by atoms with van der Waals surface area (Å²) >= 11 is 0. The minimum Gasteiger partial charge on any atom is -0.348 e. The van der Waals surface area contributed by atoms with Gasteiger partial charge in [-0.2, -0.15) is 23.4 Å². The van der Waals surface area contributed by atoms with Crippen LogP contribution in [0, 0.1) is 13.8 Å². The molecule has 166 valence electrons. The van der Waals surface area contributed by atoms with E-state index in [1.807, 2.05) is 25.5 Å². The first-order valence-corrected chi connectivity index (χ1v) is 10.4. The zero-order valence-corrected chi connectivity index (χ0v) is 17.9. The first-order valence-electron chi connectivity index (χ1n) is 10.4. The second-order valence-electron chi connectivity index (χ2n) is 8.10. The van der Waals surface area contributed by atoms with E-state index in [0.717, 1.165) is 36.7 Å². The van der Waals surface area contributed by atoms with Crippen molar-refractivity contribution >= 4 is 16.9 Å². The summed E-state index contributed by atoms with van der Waals surface area (Å²) in [6.07, 6.45) is -1.15. The molecule has 3 aromatic rings. The van der Waals surface area contributed by atoms with Crippen LogP contribution in [0.15, 0.2) is 12.3 Å². The van der Waals surface area contributed by atoms with Crippen LogP contribution in [0.3, 0.4) is 0 Å². The van der Waals surface area contributed by atoms with Crippen molar-refractivity contribution in [3.63, 3.8) is 0 Å². The van der Waals surface area contributed by atoms with Crippen molar-refractivity contribution in [1.29, 1.82) is 0 Å². The Kier molecular flexibility index (Phi) is 5.26. The van der Waals surface area contributed by atoms with Gasteiger partial charge in [0.1, 0.15) is 6.54 Å². The van der Waals surface area contributed by atoms with Gasteiger partial charge in [-0.15, -0.1) is 0 Å². The van der Waals surface area contributed by atoms with Crippen molar-refractivity contribution in [3.05, 3.63) is 40.5 Å². The van der Waals surface area contributed by atoms with Gasteiger partial charge >= 0.3 is 6.18 Å². The minimum atomic E-state index is -4.52. The van der Waals surface area contributed by atoms with Gasteiger partial charge < -0.3 is 5.32 Å². The van der Waals surface area contributed by atoms with Gasteiger partial charge in [-0.3, -0.25) is 9.48 Å². The lowest BCUT2D eigenvalue weighted by atomic mass is 10.1. The quantitative estimate of drug-likeness (QED) is 0.635. The summed E-state index contributed by atoms with van der Waals surface area (Å²) < 4.78 is 44.2. The average Bonchev–Trinajstić information content (AvgIpc) is 3.41. The van der Waals surface area contributed by atoms with Gasteiger partial charge in [-0.1, -0.05) is 0 Å². The number of pyridine rings is 1. The van der Waals surface area contributed by atoms with E-state index in [-0.39, 0.29) is 41.1 Å². The van der Waals surface area contributed by atoms with E-state index in [9.17, 15) is 18.0 Å². The number of nitrogens with one attached hydrogen (secondary N) is 1. The van der Waals surface area contributed by atoms with Crippen LogP contribution in [0.1, 0.15) is 66.9 Å². The molecule has 1 aliphatic rings. The number of carbonyl (C=O) groups is 1. The van der Waals surface area contributed by atoms with E-state index >= 15 is 0 Å². The van der Waals surface area contributed by atoms with Crippen molar-refractivity contribution < 1.29 is 18.0 Å². The Labute approximate surface area is 177 Å². The van der Waals surface area contributed by atoms with Crippen LogP contribution in [0.25, 0.3) is 11.0 Å². The van der Waals surface area contributed by atoms with Gasteiger partial charge in [0, 0.05) is 29.4 Å². The van der Waals surface area contributed by atoms with Gasteiger partial charge in [0.15, 0.2) is 5.65 Å². The van der Waals surface area contributed by atoms with Gasteiger partial charge in [0.2, 0.25) is 5.91 Å². The minimum absolute atomic E-state index is 0.0427. The lowest BCUT2D eigenvalue weighted by Gasteiger charge is -2.14. The number of aromatic nitrogens is 5. The maximum absolute atomic E-state index is 13.7. The number of halogens is 3. The molecule has 4 rings (SSSR count). The SMILES string of the molecule is CCn1ncc(C(C)NC(=O)Cn2nc(C)c3c(C(F)(F)F)cc(C4CC4)nc32)c1C. The second-order valence-corrected chi connectivity index (χ2v) is 8.10. The number of amides is 1. The number of hydrogen-bond acceptors (Lipinski definition) is 4. The Balaban J connectivity index is 1.63. The molecule has 3 heterocycles. The summed E-state index contributed by atoms with van der Waals surface area (Å²) in [5.41, 5.74) is 1.84. The summed E-state index contributed by atoms with van der Waals surface area (Å²) in [6, 6.07) is 0.839. The number of aryl methyl sites for hydroxylation is 2. The Morgan fingerprint density at radius 1 is 1.29 bits per heavy atom. The predicted molar refractivity (Wildman–Crippen MR) is 108 cm³/mol. The van der Waals surface area contributed by atoms with E-state index in [0.29, 0.717) is 5.69 Å². The van der Waals surface area contributed by atoms with Crippen LogP contribution in [0.5, 0.6) is 0 Å². The number of alkyl halides is 3.